The van der Waals surface area contributed by atoms with Crippen LogP contribution >= 0.6 is 13.5 Å². The standard InChI is InChI=1S/C27H37N7O7.H2S/c1-6-41-26(37)33-22-20(23(30-33)29-24(35)18-7-9-19(10-8-18)34(38)39)15-32(27(22,2)3)25(36)28-21(16-31(4)5)17-11-13-40-14-12-17;/h7-10,17,21H,6,11-16H2,1-5H3,(H,28,36)(H,29,30,35);1H2/t21-;/m1./s1. The van der Waals surface area contributed by atoms with Crippen LogP contribution in [-0.4, -0.2) is 89.0 Å². The van der Waals surface area contributed by atoms with Gasteiger partial charge in [-0.2, -0.15) is 18.2 Å². The van der Waals surface area contributed by atoms with Crippen LogP contribution < -0.4 is 10.6 Å². The first-order valence-electron chi connectivity index (χ1n) is 13.6. The van der Waals surface area contributed by atoms with E-state index in [0.717, 1.165) is 17.5 Å². The van der Waals surface area contributed by atoms with Crippen LogP contribution in [0.3, 0.4) is 0 Å². The molecule has 1 aromatic carbocycles. The molecular formula is C27H39N7O7S. The molecule has 1 saturated heterocycles. The number of fused-ring (bicyclic) bond motifs is 1. The first-order valence-corrected chi connectivity index (χ1v) is 13.6. The average molecular weight is 606 g/mol. The van der Waals surface area contributed by atoms with E-state index in [1.165, 1.54) is 24.3 Å². The number of carbonyl (C=O) groups excluding carboxylic acids is 3. The van der Waals surface area contributed by atoms with Crippen molar-refractivity contribution in [2.75, 3.05) is 45.8 Å². The van der Waals surface area contributed by atoms with Crippen molar-refractivity contribution < 1.29 is 28.8 Å². The lowest BCUT2D eigenvalue weighted by Gasteiger charge is -2.37. The molecule has 0 radical (unpaired) electrons. The van der Waals surface area contributed by atoms with Crippen LogP contribution in [0.25, 0.3) is 0 Å². The molecule has 0 unspecified atom stereocenters. The lowest BCUT2D eigenvalue weighted by Crippen LogP contribution is -2.54. The molecule has 14 nitrogen and oxygen atoms in total. The van der Waals surface area contributed by atoms with Gasteiger partial charge in [-0.05, 0) is 65.8 Å². The Morgan fingerprint density at radius 3 is 2.43 bits per heavy atom. The Hall–Kier alpha value is -3.69. The maximum Gasteiger partial charge on any atom is 0.435 e. The van der Waals surface area contributed by atoms with E-state index in [9.17, 15) is 24.5 Å². The van der Waals surface area contributed by atoms with Crippen LogP contribution in [0.15, 0.2) is 24.3 Å². The summed E-state index contributed by atoms with van der Waals surface area (Å²) in [4.78, 5) is 53.8. The third kappa shape index (κ3) is 6.85. The molecule has 0 aliphatic carbocycles. The van der Waals surface area contributed by atoms with Crippen LogP contribution in [0.4, 0.5) is 21.1 Å². The Morgan fingerprint density at radius 1 is 1.21 bits per heavy atom. The van der Waals surface area contributed by atoms with Crippen LogP contribution in [-0.2, 0) is 21.6 Å². The molecule has 0 saturated carbocycles. The number of carbonyl (C=O) groups is 3. The highest BCUT2D eigenvalue weighted by atomic mass is 32.1. The number of amides is 3. The highest BCUT2D eigenvalue weighted by Gasteiger charge is 2.47. The lowest BCUT2D eigenvalue weighted by atomic mass is 9.91. The quantitative estimate of drug-likeness (QED) is 0.340. The van der Waals surface area contributed by atoms with Crippen molar-refractivity contribution in [1.29, 1.82) is 0 Å². The fraction of sp³-hybridized carbons (Fsp3) is 0.556. The second-order valence-electron chi connectivity index (χ2n) is 11.0. The molecule has 0 bridgehead atoms. The molecule has 2 aromatic rings. The summed E-state index contributed by atoms with van der Waals surface area (Å²) < 4.78 is 11.8. The van der Waals surface area contributed by atoms with Gasteiger partial charge in [0.1, 0.15) is 0 Å². The average Bonchev–Trinajstić information content (AvgIpc) is 3.43. The molecule has 15 heteroatoms. The highest BCUT2D eigenvalue weighted by molar-refractivity contribution is 7.59. The van der Waals surface area contributed by atoms with Gasteiger partial charge in [-0.3, -0.25) is 14.9 Å². The summed E-state index contributed by atoms with van der Waals surface area (Å²) in [6.45, 7) is 7.46. The normalized spacial score (nSPS) is 16.8. The number of non-ortho nitro benzene ring substituents is 1. The van der Waals surface area contributed by atoms with Crippen LogP contribution in [0.1, 0.15) is 55.2 Å². The summed E-state index contributed by atoms with van der Waals surface area (Å²) in [5.41, 5.74) is -0.0203. The van der Waals surface area contributed by atoms with E-state index in [2.05, 4.69) is 15.7 Å². The molecule has 3 amide bonds. The highest BCUT2D eigenvalue weighted by Crippen LogP contribution is 2.42. The van der Waals surface area contributed by atoms with Crippen molar-refractivity contribution in [3.05, 3.63) is 51.2 Å². The molecule has 42 heavy (non-hydrogen) atoms. The Bertz CT molecular complexity index is 1310. The summed E-state index contributed by atoms with van der Waals surface area (Å²) in [6.07, 6.45) is 0.959. The van der Waals surface area contributed by atoms with Crippen molar-refractivity contribution >= 4 is 43.0 Å². The molecule has 2 aliphatic heterocycles. The maximum atomic E-state index is 13.8. The van der Waals surface area contributed by atoms with Gasteiger partial charge >= 0.3 is 12.1 Å². The van der Waals surface area contributed by atoms with Crippen LogP contribution in [0, 0.1) is 16.0 Å². The van der Waals surface area contributed by atoms with Gasteiger partial charge in [0, 0.05) is 49.1 Å². The van der Waals surface area contributed by atoms with Crippen molar-refractivity contribution in [3.8, 4) is 0 Å². The third-order valence-corrected chi connectivity index (χ3v) is 7.52. The summed E-state index contributed by atoms with van der Waals surface area (Å²) in [6, 6.07) is 4.72. The van der Waals surface area contributed by atoms with E-state index in [1.807, 2.05) is 32.8 Å². The van der Waals surface area contributed by atoms with Gasteiger partial charge in [0.2, 0.25) is 0 Å². The number of benzene rings is 1. The van der Waals surface area contributed by atoms with Gasteiger partial charge in [-0.15, -0.1) is 5.10 Å². The molecule has 0 spiro atoms. The zero-order valence-corrected chi connectivity index (χ0v) is 25.5. The van der Waals surface area contributed by atoms with E-state index in [4.69, 9.17) is 9.47 Å². The van der Waals surface area contributed by atoms with E-state index >= 15 is 0 Å². The Kier molecular flexibility index (Phi) is 10.6. The molecule has 1 fully saturated rings. The molecular weight excluding hydrogens is 566 g/mol. The minimum atomic E-state index is -0.978. The number of likely N-dealkylation sites (N-methyl/N-ethyl adjacent to an activating group) is 1. The van der Waals surface area contributed by atoms with E-state index in [1.54, 1.807) is 11.8 Å². The number of hydrogen-bond acceptors (Lipinski definition) is 9. The van der Waals surface area contributed by atoms with Crippen molar-refractivity contribution in [2.24, 2.45) is 5.92 Å². The van der Waals surface area contributed by atoms with Crippen LogP contribution in [0.2, 0.25) is 0 Å². The van der Waals surface area contributed by atoms with Crippen molar-refractivity contribution in [2.45, 2.75) is 51.7 Å². The number of nitrogens with one attached hydrogen (secondary N) is 2. The van der Waals surface area contributed by atoms with Gasteiger partial charge in [0.15, 0.2) is 5.82 Å². The van der Waals surface area contributed by atoms with Gasteiger partial charge in [-0.25, -0.2) is 9.59 Å². The molecule has 1 atom stereocenters. The smallest absolute Gasteiger partial charge is 0.435 e. The fourth-order valence-corrected chi connectivity index (χ4v) is 5.43. The van der Waals surface area contributed by atoms with E-state index in [0.29, 0.717) is 31.0 Å². The van der Waals surface area contributed by atoms with E-state index in [-0.39, 0.29) is 61.7 Å². The second-order valence-corrected chi connectivity index (χ2v) is 11.0. The number of urea groups is 1. The summed E-state index contributed by atoms with van der Waals surface area (Å²) in [5.74, 6) is -0.203. The first kappa shape index (κ1) is 32.8. The topological polar surface area (TPSA) is 161 Å². The number of nitro groups is 1. The largest absolute Gasteiger partial charge is 0.448 e. The molecule has 3 heterocycles. The Labute approximate surface area is 251 Å². The van der Waals surface area contributed by atoms with Gasteiger partial charge < -0.3 is 29.9 Å². The molecule has 4 rings (SSSR count). The van der Waals surface area contributed by atoms with Crippen molar-refractivity contribution in [3.63, 3.8) is 0 Å². The van der Waals surface area contributed by atoms with Gasteiger partial charge in [0.05, 0.1) is 29.3 Å². The first-order chi connectivity index (χ1) is 19.4. The number of rotatable bonds is 8. The summed E-state index contributed by atoms with van der Waals surface area (Å²) in [7, 11) is 3.92. The number of ether oxygens (including phenoxy) is 2. The summed E-state index contributed by atoms with van der Waals surface area (Å²) in [5, 5.41) is 21.3. The molecule has 230 valence electrons. The minimum Gasteiger partial charge on any atom is -0.448 e. The van der Waals surface area contributed by atoms with E-state index < -0.39 is 22.5 Å². The number of nitrogens with zero attached hydrogens (tertiary/aromatic N) is 5. The third-order valence-electron chi connectivity index (χ3n) is 7.52. The SMILES string of the molecule is CCOC(=O)n1nc(NC(=O)c2ccc([N+](=O)[O-])cc2)c2c1C(C)(C)N(C(=O)N[C@H](CN(C)C)C1CCOCC1)C2.S. The molecule has 2 aliphatic rings. The molecule has 1 aromatic heterocycles. The predicted molar refractivity (Wildman–Crippen MR) is 159 cm³/mol. The fourth-order valence-electron chi connectivity index (χ4n) is 5.43. The molecule has 2 N–H and O–H groups in total. The second kappa shape index (κ2) is 13.5. The van der Waals surface area contributed by atoms with Crippen molar-refractivity contribution in [1.82, 2.24) is 24.9 Å². The van der Waals surface area contributed by atoms with Crippen LogP contribution in [0.5, 0.6) is 0 Å². The monoisotopic (exact) mass is 605 g/mol. The number of anilines is 1. The summed E-state index contributed by atoms with van der Waals surface area (Å²) >= 11 is 0. The predicted octanol–water partition coefficient (Wildman–Crippen LogP) is 3.28. The minimum absolute atomic E-state index is 0. The maximum absolute atomic E-state index is 13.8. The lowest BCUT2D eigenvalue weighted by molar-refractivity contribution is -0.384. The number of nitro benzene ring substituents is 1. The Balaban J connectivity index is 0.00000484. The number of aromatic nitrogens is 2. The zero-order chi connectivity index (χ0) is 29.9. The Morgan fingerprint density at radius 2 is 1.86 bits per heavy atom. The van der Waals surface area contributed by atoms with Gasteiger partial charge in [-0.1, -0.05) is 0 Å². The number of hydrogen-bond donors (Lipinski definition) is 2. The zero-order valence-electron chi connectivity index (χ0n) is 24.5. The van der Waals surface area contributed by atoms with Gasteiger partial charge in [0.25, 0.3) is 11.6 Å².